The summed E-state index contributed by atoms with van der Waals surface area (Å²) >= 11 is 6.14. The summed E-state index contributed by atoms with van der Waals surface area (Å²) in [5, 5.41) is 5.63. The number of methoxy groups -OCH3 is 1. The predicted octanol–water partition coefficient (Wildman–Crippen LogP) is 3.28. The van der Waals surface area contributed by atoms with E-state index in [9.17, 15) is 18.0 Å². The smallest absolute Gasteiger partial charge is 0.253 e. The highest BCUT2D eigenvalue weighted by Crippen LogP contribution is 2.31. The molecule has 2 aromatic rings. The van der Waals surface area contributed by atoms with Crippen molar-refractivity contribution in [2.75, 3.05) is 23.0 Å². The van der Waals surface area contributed by atoms with Gasteiger partial charge in [-0.05, 0) is 51.1 Å². The zero-order valence-electron chi connectivity index (χ0n) is 18.0. The number of nitrogens with one attached hydrogen (secondary N) is 2. The number of hydrogen-bond donors (Lipinski definition) is 2. The van der Waals surface area contributed by atoms with Crippen LogP contribution in [0.15, 0.2) is 42.5 Å². The average Bonchev–Trinajstić information content (AvgIpc) is 2.67. The number of benzene rings is 2. The molecule has 2 aromatic carbocycles. The van der Waals surface area contributed by atoms with Crippen molar-refractivity contribution in [2.24, 2.45) is 0 Å². The van der Waals surface area contributed by atoms with E-state index in [0.29, 0.717) is 5.75 Å². The zero-order valence-corrected chi connectivity index (χ0v) is 19.5. The summed E-state index contributed by atoms with van der Waals surface area (Å²) in [6.07, 6.45) is 0.999. The molecule has 0 spiro atoms. The first kappa shape index (κ1) is 24.5. The van der Waals surface area contributed by atoms with Gasteiger partial charge in [0.1, 0.15) is 11.8 Å². The fraction of sp³-hybridized carbons (Fsp3) is 0.333. The van der Waals surface area contributed by atoms with Gasteiger partial charge in [-0.15, -0.1) is 0 Å². The summed E-state index contributed by atoms with van der Waals surface area (Å²) in [4.78, 5) is 25.4. The Bertz CT molecular complexity index is 1070. The quantitative estimate of drug-likeness (QED) is 0.619. The molecule has 0 heterocycles. The lowest BCUT2D eigenvalue weighted by Crippen LogP contribution is -2.45. The van der Waals surface area contributed by atoms with E-state index in [-0.39, 0.29) is 33.9 Å². The van der Waals surface area contributed by atoms with Crippen LogP contribution in [0.4, 0.5) is 11.4 Å². The van der Waals surface area contributed by atoms with Crippen molar-refractivity contribution in [1.82, 2.24) is 5.32 Å². The van der Waals surface area contributed by atoms with E-state index >= 15 is 0 Å². The minimum atomic E-state index is -3.84. The van der Waals surface area contributed by atoms with E-state index < -0.39 is 22.0 Å². The van der Waals surface area contributed by atoms with Crippen molar-refractivity contribution in [3.63, 3.8) is 0 Å². The maximum absolute atomic E-state index is 13.0. The second-order valence-corrected chi connectivity index (χ2v) is 9.48. The van der Waals surface area contributed by atoms with Crippen LogP contribution in [0.3, 0.4) is 0 Å². The third kappa shape index (κ3) is 6.11. The summed E-state index contributed by atoms with van der Waals surface area (Å²) < 4.78 is 31.1. The van der Waals surface area contributed by atoms with Crippen molar-refractivity contribution in [3.05, 3.63) is 53.1 Å². The van der Waals surface area contributed by atoms with Crippen molar-refractivity contribution in [1.29, 1.82) is 0 Å². The summed E-state index contributed by atoms with van der Waals surface area (Å²) in [5.41, 5.74) is 0.760. The standard InChI is InChI=1S/C21H26ClN3O5S/c1-13(2)23-21(27)16-8-6-7-9-18(16)24-20(26)14(3)25(31(5,28)29)15-10-11-19(30-4)17(22)12-15/h6-14H,1-5H3,(H,23,27)(H,24,26)/t14-/m1/s1. The van der Waals surface area contributed by atoms with Crippen LogP contribution in [-0.2, 0) is 14.8 Å². The Labute approximate surface area is 187 Å². The van der Waals surface area contributed by atoms with E-state index in [1.54, 1.807) is 24.3 Å². The second-order valence-electron chi connectivity index (χ2n) is 7.22. The number of carbonyl (C=O) groups is 2. The number of anilines is 2. The number of rotatable bonds is 8. The monoisotopic (exact) mass is 467 g/mol. The molecule has 31 heavy (non-hydrogen) atoms. The molecule has 0 saturated carbocycles. The van der Waals surface area contributed by atoms with Crippen molar-refractivity contribution < 1.29 is 22.7 Å². The highest BCUT2D eigenvalue weighted by atomic mass is 35.5. The van der Waals surface area contributed by atoms with Gasteiger partial charge >= 0.3 is 0 Å². The topological polar surface area (TPSA) is 105 Å². The number of hydrogen-bond acceptors (Lipinski definition) is 5. The lowest BCUT2D eigenvalue weighted by molar-refractivity contribution is -0.116. The van der Waals surface area contributed by atoms with Crippen molar-refractivity contribution >= 4 is 44.8 Å². The van der Waals surface area contributed by atoms with E-state index in [1.165, 1.54) is 32.2 Å². The summed E-state index contributed by atoms with van der Waals surface area (Å²) in [5.74, 6) is -0.580. The van der Waals surface area contributed by atoms with E-state index in [2.05, 4.69) is 10.6 Å². The van der Waals surface area contributed by atoms with Gasteiger partial charge < -0.3 is 15.4 Å². The van der Waals surface area contributed by atoms with Crippen LogP contribution >= 0.6 is 11.6 Å². The van der Waals surface area contributed by atoms with Crippen LogP contribution in [0.2, 0.25) is 5.02 Å². The largest absolute Gasteiger partial charge is 0.495 e. The predicted molar refractivity (Wildman–Crippen MR) is 122 cm³/mol. The van der Waals surface area contributed by atoms with Gasteiger partial charge in [-0.2, -0.15) is 0 Å². The van der Waals surface area contributed by atoms with Gasteiger partial charge in [0.25, 0.3) is 5.91 Å². The van der Waals surface area contributed by atoms with Crippen LogP contribution < -0.4 is 19.7 Å². The number of carbonyl (C=O) groups excluding carboxylic acids is 2. The van der Waals surface area contributed by atoms with Crippen molar-refractivity contribution in [3.8, 4) is 5.75 Å². The summed E-state index contributed by atoms with van der Waals surface area (Å²) in [6.45, 7) is 5.10. The molecule has 0 aromatic heterocycles. The van der Waals surface area contributed by atoms with Gasteiger partial charge in [-0.25, -0.2) is 8.42 Å². The number of ether oxygens (including phenoxy) is 1. The molecule has 168 valence electrons. The Kier molecular flexibility index (Phi) is 7.91. The molecular weight excluding hydrogens is 442 g/mol. The highest BCUT2D eigenvalue weighted by molar-refractivity contribution is 7.92. The Balaban J connectivity index is 2.36. The molecule has 0 saturated heterocycles. The molecule has 0 unspecified atom stereocenters. The van der Waals surface area contributed by atoms with Crippen LogP contribution in [0, 0.1) is 0 Å². The summed E-state index contributed by atoms with van der Waals surface area (Å²) in [6, 6.07) is 9.72. The number of sulfonamides is 1. The molecule has 0 bridgehead atoms. The van der Waals surface area contributed by atoms with Crippen LogP contribution in [0.1, 0.15) is 31.1 Å². The fourth-order valence-corrected chi connectivity index (χ4v) is 4.39. The van der Waals surface area contributed by atoms with E-state index in [0.717, 1.165) is 10.6 Å². The molecule has 10 heteroatoms. The molecule has 2 rings (SSSR count). The number of halogens is 1. The fourth-order valence-electron chi connectivity index (χ4n) is 2.97. The van der Waals surface area contributed by atoms with E-state index in [1.807, 2.05) is 13.8 Å². The first-order valence-corrected chi connectivity index (χ1v) is 11.7. The lowest BCUT2D eigenvalue weighted by Gasteiger charge is -2.28. The van der Waals surface area contributed by atoms with Gasteiger partial charge in [0.2, 0.25) is 15.9 Å². The first-order chi connectivity index (χ1) is 14.5. The lowest BCUT2D eigenvalue weighted by atomic mass is 10.1. The van der Waals surface area contributed by atoms with Crippen LogP contribution in [0.25, 0.3) is 0 Å². The SMILES string of the molecule is COc1ccc(N([C@H](C)C(=O)Nc2ccccc2C(=O)NC(C)C)S(C)(=O)=O)cc1Cl. The molecule has 2 amide bonds. The zero-order chi connectivity index (χ0) is 23.3. The summed E-state index contributed by atoms with van der Waals surface area (Å²) in [7, 11) is -2.40. The molecule has 0 aliphatic carbocycles. The molecule has 0 fully saturated rings. The third-order valence-corrected chi connectivity index (χ3v) is 5.86. The molecule has 2 N–H and O–H groups in total. The maximum atomic E-state index is 13.0. The first-order valence-electron chi connectivity index (χ1n) is 9.49. The van der Waals surface area contributed by atoms with Gasteiger partial charge in [0.15, 0.2) is 0 Å². The maximum Gasteiger partial charge on any atom is 0.253 e. The molecule has 1 atom stereocenters. The van der Waals surface area contributed by atoms with Crippen molar-refractivity contribution in [2.45, 2.75) is 32.9 Å². The van der Waals surface area contributed by atoms with Crippen LogP contribution in [0.5, 0.6) is 5.75 Å². The number of nitrogens with zero attached hydrogens (tertiary/aromatic N) is 1. The van der Waals surface area contributed by atoms with Gasteiger partial charge in [-0.3, -0.25) is 13.9 Å². The minimum absolute atomic E-state index is 0.0873. The number of amides is 2. The second kappa shape index (κ2) is 10.0. The Morgan fingerprint density at radius 3 is 2.29 bits per heavy atom. The normalized spacial score (nSPS) is 12.2. The minimum Gasteiger partial charge on any atom is -0.495 e. The molecule has 0 radical (unpaired) electrons. The molecule has 0 aliphatic rings. The molecular formula is C21H26ClN3O5S. The van der Waals surface area contributed by atoms with Gasteiger partial charge in [0, 0.05) is 6.04 Å². The highest BCUT2D eigenvalue weighted by Gasteiger charge is 2.30. The van der Waals surface area contributed by atoms with Gasteiger partial charge in [0.05, 0.1) is 35.3 Å². The number of para-hydroxylation sites is 1. The average molecular weight is 468 g/mol. The van der Waals surface area contributed by atoms with E-state index in [4.69, 9.17) is 16.3 Å². The van der Waals surface area contributed by atoms with Crippen LogP contribution in [-0.4, -0.2) is 45.7 Å². The Morgan fingerprint density at radius 2 is 1.74 bits per heavy atom. The Hall–Kier alpha value is -2.78. The Morgan fingerprint density at radius 1 is 1.10 bits per heavy atom. The molecule has 0 aliphatic heterocycles. The third-order valence-electron chi connectivity index (χ3n) is 4.33. The molecule has 8 nitrogen and oxygen atoms in total. The van der Waals surface area contributed by atoms with Gasteiger partial charge in [-0.1, -0.05) is 23.7 Å².